The van der Waals surface area contributed by atoms with Gasteiger partial charge in [-0.3, -0.25) is 38.4 Å². The minimum atomic E-state index is -1.41. The Morgan fingerprint density at radius 2 is 0.728 bits per heavy atom. The van der Waals surface area contributed by atoms with Gasteiger partial charge in [0, 0.05) is 141 Å². The predicted molar refractivity (Wildman–Crippen MR) is 419 cm³/mol. The van der Waals surface area contributed by atoms with Crippen LogP contribution in [0.25, 0.3) is 0 Å². The fourth-order valence-electron chi connectivity index (χ4n) is 14.4. The fraction of sp³-hybridized carbons (Fsp3) is 0.904. The quantitative estimate of drug-likeness (QED) is 0.0349. The van der Waals surface area contributed by atoms with Crippen molar-refractivity contribution in [3.8, 4) is 0 Å². The molecule has 4 rings (SSSR count). The zero-order chi connectivity index (χ0) is 83.9. The Morgan fingerprint density at radius 3 is 1.14 bits per heavy atom. The van der Waals surface area contributed by atoms with Crippen LogP contribution in [0.1, 0.15) is 266 Å². The number of aliphatic hydroxyl groups is 10. The minimum Gasteiger partial charge on any atom is -0.394 e. The van der Waals surface area contributed by atoms with Gasteiger partial charge in [-0.05, 0) is 111 Å². The van der Waals surface area contributed by atoms with Crippen LogP contribution in [0, 0.1) is 17.8 Å². The maximum absolute atomic E-state index is 14.2. The van der Waals surface area contributed by atoms with E-state index in [1.165, 1.54) is 0 Å². The van der Waals surface area contributed by atoms with Crippen molar-refractivity contribution in [1.29, 1.82) is 0 Å². The molecule has 4 aliphatic heterocycles. The van der Waals surface area contributed by atoms with Crippen molar-refractivity contribution in [2.75, 3.05) is 98.9 Å². The first-order chi connectivity index (χ1) is 54.5. The summed E-state index contributed by atoms with van der Waals surface area (Å²) in [6.07, 6.45) is 4.53. The van der Waals surface area contributed by atoms with Crippen molar-refractivity contribution in [3.05, 3.63) is 0 Å². The number of β-amino-alcohol motifs (C(OH)–C–C–N with tert-alkyl or cyclic N) is 1. The van der Waals surface area contributed by atoms with Gasteiger partial charge in [-0.1, -0.05) is 72.1 Å². The van der Waals surface area contributed by atoms with Crippen LogP contribution in [0.5, 0.6) is 0 Å². The third kappa shape index (κ3) is 41.3. The molecule has 31 nitrogen and oxygen atoms in total. The van der Waals surface area contributed by atoms with E-state index >= 15 is 0 Å². The summed E-state index contributed by atoms with van der Waals surface area (Å²) >= 11 is 0. The predicted octanol–water partition coefficient (Wildman–Crippen LogP) is 5.17. The van der Waals surface area contributed by atoms with Gasteiger partial charge in [0.05, 0.1) is 95.5 Å². The number of carbonyl (C=O) groups excluding carboxylic acids is 8. The number of aliphatic hydroxyl groups excluding tert-OH is 10. The van der Waals surface area contributed by atoms with Gasteiger partial charge in [-0.2, -0.15) is 0 Å². The monoisotopic (exact) mass is 1630 g/mol. The van der Waals surface area contributed by atoms with E-state index in [2.05, 4.69) is 10.6 Å². The molecule has 0 saturated carbocycles. The number of ether oxygens (including phenoxy) is 10. The molecule has 4 aliphatic rings. The first kappa shape index (κ1) is 102. The highest BCUT2D eigenvalue weighted by atomic mass is 16.7. The van der Waals surface area contributed by atoms with Crippen LogP contribution in [0.15, 0.2) is 0 Å². The third-order valence-corrected chi connectivity index (χ3v) is 21.8. The lowest BCUT2D eigenvalue weighted by Gasteiger charge is -2.40. The molecule has 0 aromatic rings. The zero-order valence-electron chi connectivity index (χ0n) is 69.4. The molecule has 31 heteroatoms. The second kappa shape index (κ2) is 58.0. The number of rotatable bonds is 66. The van der Waals surface area contributed by atoms with E-state index in [1.54, 1.807) is 25.7 Å². The number of unbranched alkanes of at least 4 members (excludes halogenated alkanes) is 14. The number of nitrogens with one attached hydrogen (secondary N) is 2. The summed E-state index contributed by atoms with van der Waals surface area (Å²) in [6.45, 7) is 11.1. The Bertz CT molecular complexity index is 2600. The van der Waals surface area contributed by atoms with E-state index in [9.17, 15) is 89.4 Å². The van der Waals surface area contributed by atoms with Crippen molar-refractivity contribution < 1.29 is 137 Å². The van der Waals surface area contributed by atoms with Gasteiger partial charge in [0.1, 0.15) is 71.1 Å². The largest absolute Gasteiger partial charge is 0.394 e. The lowest BCUT2D eigenvalue weighted by Crippen LogP contribution is -2.55. The molecule has 18 atom stereocenters. The molecule has 0 spiro atoms. The summed E-state index contributed by atoms with van der Waals surface area (Å²) in [4.78, 5) is 107. The number of likely N-dealkylation sites (tertiary alicyclic amines) is 1. The average molecular weight is 1640 g/mol. The van der Waals surface area contributed by atoms with Crippen LogP contribution in [0.3, 0.4) is 0 Å². The SMILES string of the molecule is CC1C(OCCCCC(=O)CCCCCC(=O)CCOCC(COCCC(=O)NCCCNC(=O)CCCCOC2OC(CO)C(O)C(O)C2C)(CC(=O)CCCCCCCCCCC(=O)N2C[C@H](O)C[C@H]2COC(C)(C)C)OCCC(=O)CCCCCC(=O)CCCCOC2OC(CO)C(O)C(O)C2C)OC(CO)C(O)C1O. The number of amides is 3. The maximum atomic E-state index is 14.2. The second-order valence-corrected chi connectivity index (χ2v) is 33.0. The molecule has 0 aromatic heterocycles. The minimum absolute atomic E-state index is 0.00119. The third-order valence-electron chi connectivity index (χ3n) is 21.8. The van der Waals surface area contributed by atoms with Gasteiger partial charge in [-0.15, -0.1) is 0 Å². The van der Waals surface area contributed by atoms with Gasteiger partial charge < -0.3 is 114 Å². The van der Waals surface area contributed by atoms with E-state index < -0.39 is 123 Å². The highest BCUT2D eigenvalue weighted by molar-refractivity contribution is 5.81. The first-order valence-corrected chi connectivity index (χ1v) is 42.8. The van der Waals surface area contributed by atoms with Crippen LogP contribution < -0.4 is 10.6 Å². The molecule has 12 N–H and O–H groups in total. The first-order valence-electron chi connectivity index (χ1n) is 42.8. The van der Waals surface area contributed by atoms with Crippen LogP contribution >= 0.6 is 0 Å². The summed E-state index contributed by atoms with van der Waals surface area (Å²) in [7, 11) is 0. The average Bonchev–Trinajstić information content (AvgIpc) is 0.909. The lowest BCUT2D eigenvalue weighted by molar-refractivity contribution is -0.282. The van der Waals surface area contributed by atoms with Crippen molar-refractivity contribution >= 4 is 46.6 Å². The van der Waals surface area contributed by atoms with Gasteiger partial charge in [0.15, 0.2) is 18.9 Å². The van der Waals surface area contributed by atoms with Crippen LogP contribution in [-0.4, -0.2) is 299 Å². The Balaban J connectivity index is 1.28. The van der Waals surface area contributed by atoms with Crippen LogP contribution in [-0.2, 0) is 85.7 Å². The van der Waals surface area contributed by atoms with Gasteiger partial charge in [-0.25, -0.2) is 0 Å². The summed E-state index contributed by atoms with van der Waals surface area (Å²) in [6, 6.07) is -0.139. The van der Waals surface area contributed by atoms with Crippen molar-refractivity contribution in [3.63, 3.8) is 0 Å². The summed E-state index contributed by atoms with van der Waals surface area (Å²) in [5, 5.41) is 106. The highest BCUT2D eigenvalue weighted by Gasteiger charge is 2.45. The smallest absolute Gasteiger partial charge is 0.222 e. The van der Waals surface area contributed by atoms with Crippen molar-refractivity contribution in [1.82, 2.24) is 15.5 Å². The van der Waals surface area contributed by atoms with E-state index in [0.29, 0.717) is 148 Å². The summed E-state index contributed by atoms with van der Waals surface area (Å²) < 4.78 is 59.0. The molecule has 662 valence electrons. The van der Waals surface area contributed by atoms with E-state index in [1.807, 2.05) is 20.8 Å². The molecule has 4 heterocycles. The molecule has 3 amide bonds. The fourth-order valence-corrected chi connectivity index (χ4v) is 14.4. The number of carbonyl (C=O) groups is 8. The lowest BCUT2D eigenvalue weighted by atomic mass is 9.92. The Labute approximate surface area is 676 Å². The van der Waals surface area contributed by atoms with Crippen molar-refractivity contribution in [2.24, 2.45) is 17.8 Å². The Hall–Kier alpha value is -4.04. The molecule has 0 bridgehead atoms. The molecule has 0 aliphatic carbocycles. The Kier molecular flexibility index (Phi) is 52.1. The Morgan fingerprint density at radius 1 is 0.386 bits per heavy atom. The van der Waals surface area contributed by atoms with Gasteiger partial charge in [0.25, 0.3) is 0 Å². The molecule has 4 saturated heterocycles. The number of ketones is 5. The van der Waals surface area contributed by atoms with Gasteiger partial charge in [0.2, 0.25) is 17.7 Å². The molecule has 16 unspecified atom stereocenters. The zero-order valence-corrected chi connectivity index (χ0v) is 69.4. The standard InChI is InChI=1S/C83H147N3O28/c1-57-73(99)76(102)67(51-87)112-79(57)107-42-24-21-32-61(90)28-16-13-18-30-63(92)37-45-105-55-83(49-65(94)34-15-11-9-7-8-10-12-20-36-72(98)86-50-66(95)48-60(86)54-111-82(4,5)6,110-47-38-64(93)31-19-14-17-29-62(91)33-22-25-43-108-80-58(2)74(100)77(103)68(52-88)113-80)56-106-46-39-71(97)85-41-27-40-84-70(96)35-23-26-44-109-81-59(3)75(101)78(104)69(53-89)114-81/h57-60,66-69,73-81,87-89,95,99-104H,7-56H2,1-6H3,(H,84,96)(H,85,97)/t57?,58?,59?,60-,66+,67?,68?,69?,73?,74?,75?,76?,77?,78?,79?,80?,81?,83?/m0/s1. The molecule has 0 aromatic carbocycles. The number of Topliss-reactive ketones (excluding diaryl/α,β-unsaturated/α-hetero) is 5. The molecular formula is C83H147N3O28. The summed E-state index contributed by atoms with van der Waals surface area (Å²) in [5.74, 6) is -2.09. The second-order valence-electron chi connectivity index (χ2n) is 33.0. The topological polar surface area (TPSA) is 458 Å². The van der Waals surface area contributed by atoms with Crippen LogP contribution in [0.4, 0.5) is 0 Å². The summed E-state index contributed by atoms with van der Waals surface area (Å²) in [5.41, 5.74) is -1.76. The number of hydrogen-bond acceptors (Lipinski definition) is 28. The molecule has 0 radical (unpaired) electrons. The van der Waals surface area contributed by atoms with E-state index in [0.717, 1.165) is 44.9 Å². The molecule has 4 fully saturated rings. The van der Waals surface area contributed by atoms with E-state index in [4.69, 9.17) is 47.4 Å². The van der Waals surface area contributed by atoms with Crippen molar-refractivity contribution in [2.45, 2.75) is 363 Å². The van der Waals surface area contributed by atoms with Gasteiger partial charge >= 0.3 is 0 Å². The maximum Gasteiger partial charge on any atom is 0.222 e. The van der Waals surface area contributed by atoms with Crippen LogP contribution in [0.2, 0.25) is 0 Å². The highest BCUT2D eigenvalue weighted by Crippen LogP contribution is 2.31. The van der Waals surface area contributed by atoms with E-state index in [-0.39, 0.29) is 169 Å². The molecule has 114 heavy (non-hydrogen) atoms. The number of hydrogen-bond donors (Lipinski definition) is 12. The normalized spacial score (nSPS) is 26.5. The number of nitrogens with zero attached hydrogens (tertiary/aromatic N) is 1. The molecular weight excluding hydrogens is 1490 g/mol.